The van der Waals surface area contributed by atoms with Crippen molar-refractivity contribution in [3.05, 3.63) is 76.1 Å². The van der Waals surface area contributed by atoms with Crippen LogP contribution in [0.1, 0.15) is 11.1 Å². The van der Waals surface area contributed by atoms with Crippen LogP contribution in [0.25, 0.3) is 22.4 Å². The highest BCUT2D eigenvalue weighted by atomic mass is 16.1. The summed E-state index contributed by atoms with van der Waals surface area (Å²) in [6, 6.07) is 18.5. The van der Waals surface area contributed by atoms with Gasteiger partial charge in [-0.2, -0.15) is 5.10 Å². The monoisotopic (exact) mass is 276 g/mol. The number of aromatic nitrogens is 2. The summed E-state index contributed by atoms with van der Waals surface area (Å²) >= 11 is 0. The molecule has 0 amide bonds. The molecule has 0 atom stereocenters. The molecule has 3 nitrogen and oxygen atoms in total. The van der Waals surface area contributed by atoms with Gasteiger partial charge in [-0.25, -0.2) is 5.10 Å². The molecule has 1 heterocycles. The topological polar surface area (TPSA) is 45.8 Å². The molecule has 21 heavy (non-hydrogen) atoms. The Morgan fingerprint density at radius 1 is 0.762 bits per heavy atom. The Kier molecular flexibility index (Phi) is 3.40. The van der Waals surface area contributed by atoms with Crippen LogP contribution in [-0.2, 0) is 0 Å². The van der Waals surface area contributed by atoms with Gasteiger partial charge in [0.15, 0.2) is 0 Å². The number of rotatable bonds is 2. The van der Waals surface area contributed by atoms with Gasteiger partial charge in [-0.1, -0.05) is 54.6 Å². The van der Waals surface area contributed by atoms with Crippen LogP contribution >= 0.6 is 0 Å². The standard InChI is InChI=1S/C18H16N2O/c1-12-13(2)18(21)20-19-17(12)16-10-8-15(9-11-16)14-6-4-3-5-7-14/h3-11H,1-2H3,(H,20,21). The Balaban J connectivity index is 2.02. The van der Waals surface area contributed by atoms with Gasteiger partial charge in [0.25, 0.3) is 5.56 Å². The molecule has 0 unspecified atom stereocenters. The lowest BCUT2D eigenvalue weighted by Gasteiger charge is -2.08. The second-order valence-corrected chi connectivity index (χ2v) is 5.09. The number of H-pyrrole nitrogens is 1. The van der Waals surface area contributed by atoms with Gasteiger partial charge in [-0.3, -0.25) is 4.79 Å². The molecular formula is C18H16N2O. The zero-order chi connectivity index (χ0) is 14.8. The minimum Gasteiger partial charge on any atom is -0.268 e. The fraction of sp³-hybridized carbons (Fsp3) is 0.111. The minimum absolute atomic E-state index is 0.128. The van der Waals surface area contributed by atoms with Crippen LogP contribution in [-0.4, -0.2) is 10.2 Å². The Morgan fingerprint density at radius 2 is 1.33 bits per heavy atom. The van der Waals surface area contributed by atoms with Gasteiger partial charge < -0.3 is 0 Å². The third-order valence-corrected chi connectivity index (χ3v) is 3.79. The quantitative estimate of drug-likeness (QED) is 0.775. The van der Waals surface area contributed by atoms with Gasteiger partial charge in [-0.05, 0) is 30.5 Å². The van der Waals surface area contributed by atoms with E-state index in [4.69, 9.17) is 0 Å². The van der Waals surface area contributed by atoms with E-state index >= 15 is 0 Å². The normalized spacial score (nSPS) is 10.6. The summed E-state index contributed by atoms with van der Waals surface area (Å²) in [5, 5.41) is 6.72. The number of nitrogens with one attached hydrogen (secondary N) is 1. The first kappa shape index (κ1) is 13.3. The van der Waals surface area contributed by atoms with Crippen molar-refractivity contribution < 1.29 is 0 Å². The van der Waals surface area contributed by atoms with Gasteiger partial charge in [0.2, 0.25) is 0 Å². The van der Waals surface area contributed by atoms with Crippen molar-refractivity contribution in [2.75, 3.05) is 0 Å². The van der Waals surface area contributed by atoms with E-state index in [9.17, 15) is 4.79 Å². The highest BCUT2D eigenvalue weighted by Crippen LogP contribution is 2.25. The Morgan fingerprint density at radius 3 is 2.00 bits per heavy atom. The Hall–Kier alpha value is -2.68. The van der Waals surface area contributed by atoms with Gasteiger partial charge in [0.05, 0.1) is 5.69 Å². The number of nitrogens with zero attached hydrogens (tertiary/aromatic N) is 1. The average molecular weight is 276 g/mol. The van der Waals surface area contributed by atoms with Gasteiger partial charge >= 0.3 is 0 Å². The van der Waals surface area contributed by atoms with E-state index in [0.29, 0.717) is 5.56 Å². The third kappa shape index (κ3) is 2.50. The molecule has 0 radical (unpaired) electrons. The molecule has 1 N–H and O–H groups in total. The number of benzene rings is 2. The van der Waals surface area contributed by atoms with Crippen molar-refractivity contribution >= 4 is 0 Å². The van der Waals surface area contributed by atoms with Gasteiger partial charge in [0.1, 0.15) is 0 Å². The summed E-state index contributed by atoms with van der Waals surface area (Å²) < 4.78 is 0. The van der Waals surface area contributed by atoms with E-state index in [-0.39, 0.29) is 5.56 Å². The lowest BCUT2D eigenvalue weighted by molar-refractivity contribution is 0.959. The molecule has 0 aliphatic carbocycles. The molecule has 0 fully saturated rings. The van der Waals surface area contributed by atoms with Crippen LogP contribution in [0.3, 0.4) is 0 Å². The molecule has 0 bridgehead atoms. The number of hydrogen-bond donors (Lipinski definition) is 1. The van der Waals surface area contributed by atoms with Crippen LogP contribution < -0.4 is 5.56 Å². The summed E-state index contributed by atoms with van der Waals surface area (Å²) in [7, 11) is 0. The largest absolute Gasteiger partial charge is 0.268 e. The van der Waals surface area contributed by atoms with Crippen LogP contribution in [0.15, 0.2) is 59.4 Å². The SMILES string of the molecule is Cc1c(-c2ccc(-c3ccccc3)cc2)n[nH]c(=O)c1C. The maximum atomic E-state index is 11.5. The highest BCUT2D eigenvalue weighted by molar-refractivity contribution is 5.70. The smallest absolute Gasteiger partial charge is 0.267 e. The molecular weight excluding hydrogens is 260 g/mol. The minimum atomic E-state index is -0.128. The Bertz CT molecular complexity index is 818. The zero-order valence-corrected chi connectivity index (χ0v) is 12.1. The first-order valence-electron chi connectivity index (χ1n) is 6.88. The van der Waals surface area contributed by atoms with E-state index in [1.807, 2.05) is 44.2 Å². The van der Waals surface area contributed by atoms with Crippen molar-refractivity contribution in [3.63, 3.8) is 0 Å². The number of aromatic amines is 1. The first-order chi connectivity index (χ1) is 10.2. The lowest BCUT2D eigenvalue weighted by atomic mass is 10.0. The highest BCUT2D eigenvalue weighted by Gasteiger charge is 2.08. The summed E-state index contributed by atoms with van der Waals surface area (Å²) in [4.78, 5) is 11.5. The predicted octanol–water partition coefficient (Wildman–Crippen LogP) is 3.72. The molecule has 0 saturated carbocycles. The van der Waals surface area contributed by atoms with E-state index in [0.717, 1.165) is 22.4 Å². The van der Waals surface area contributed by atoms with Crippen molar-refractivity contribution in [1.82, 2.24) is 10.2 Å². The molecule has 2 aromatic carbocycles. The maximum absolute atomic E-state index is 11.5. The summed E-state index contributed by atoms with van der Waals surface area (Å²) in [5.74, 6) is 0. The van der Waals surface area contributed by atoms with Crippen molar-refractivity contribution in [2.45, 2.75) is 13.8 Å². The van der Waals surface area contributed by atoms with Crippen molar-refractivity contribution in [3.8, 4) is 22.4 Å². The molecule has 104 valence electrons. The van der Waals surface area contributed by atoms with E-state index < -0.39 is 0 Å². The number of hydrogen-bond acceptors (Lipinski definition) is 2. The first-order valence-corrected chi connectivity index (χ1v) is 6.88. The van der Waals surface area contributed by atoms with Crippen LogP contribution in [0.5, 0.6) is 0 Å². The van der Waals surface area contributed by atoms with Crippen molar-refractivity contribution in [1.29, 1.82) is 0 Å². The second kappa shape index (κ2) is 5.37. The van der Waals surface area contributed by atoms with Gasteiger partial charge in [0, 0.05) is 11.1 Å². The van der Waals surface area contributed by atoms with Gasteiger partial charge in [-0.15, -0.1) is 0 Å². The molecule has 0 saturated heterocycles. The second-order valence-electron chi connectivity index (χ2n) is 5.09. The van der Waals surface area contributed by atoms with E-state index in [1.165, 1.54) is 5.56 Å². The van der Waals surface area contributed by atoms with Crippen LogP contribution in [0.2, 0.25) is 0 Å². The van der Waals surface area contributed by atoms with E-state index in [1.54, 1.807) is 0 Å². The van der Waals surface area contributed by atoms with Crippen LogP contribution in [0.4, 0.5) is 0 Å². The molecule has 1 aromatic heterocycles. The molecule has 0 spiro atoms. The average Bonchev–Trinajstić information content (AvgIpc) is 2.54. The summed E-state index contributed by atoms with van der Waals surface area (Å²) in [6.45, 7) is 3.75. The fourth-order valence-corrected chi connectivity index (χ4v) is 2.35. The van der Waals surface area contributed by atoms with E-state index in [2.05, 4.69) is 34.5 Å². The lowest BCUT2D eigenvalue weighted by Crippen LogP contribution is -2.14. The summed E-state index contributed by atoms with van der Waals surface area (Å²) in [6.07, 6.45) is 0. The molecule has 3 heteroatoms. The molecule has 3 aromatic rings. The molecule has 3 rings (SSSR count). The molecule has 0 aliphatic rings. The zero-order valence-electron chi connectivity index (χ0n) is 12.1. The predicted molar refractivity (Wildman–Crippen MR) is 85.2 cm³/mol. The Labute approximate surface area is 123 Å². The third-order valence-electron chi connectivity index (χ3n) is 3.79. The molecule has 0 aliphatic heterocycles. The fourth-order valence-electron chi connectivity index (χ4n) is 2.35. The van der Waals surface area contributed by atoms with Crippen molar-refractivity contribution in [2.24, 2.45) is 0 Å². The maximum Gasteiger partial charge on any atom is 0.267 e. The van der Waals surface area contributed by atoms with Crippen LogP contribution in [0, 0.1) is 13.8 Å². The summed E-state index contributed by atoms with van der Waals surface area (Å²) in [5.41, 5.74) is 5.69.